The van der Waals surface area contributed by atoms with E-state index in [0.717, 1.165) is 29.9 Å². The molecule has 3 rings (SSSR count). The number of amides is 1. The molecule has 0 atom stereocenters. The first-order chi connectivity index (χ1) is 12.5. The van der Waals surface area contributed by atoms with Gasteiger partial charge in [0, 0.05) is 5.56 Å². The van der Waals surface area contributed by atoms with Crippen molar-refractivity contribution in [1.82, 2.24) is 15.0 Å². The molecule has 0 fully saturated rings. The van der Waals surface area contributed by atoms with Crippen molar-refractivity contribution in [2.45, 2.75) is 20.3 Å². The Morgan fingerprint density at radius 2 is 1.81 bits per heavy atom. The summed E-state index contributed by atoms with van der Waals surface area (Å²) >= 11 is 0. The van der Waals surface area contributed by atoms with Crippen molar-refractivity contribution in [3.8, 4) is 11.3 Å². The van der Waals surface area contributed by atoms with Crippen LogP contribution in [0.5, 0.6) is 0 Å². The lowest BCUT2D eigenvalue weighted by Gasteiger charge is -2.09. The first kappa shape index (κ1) is 17.6. The zero-order valence-corrected chi connectivity index (χ0v) is 14.3. The molecule has 0 aliphatic heterocycles. The molecule has 0 aliphatic carbocycles. The summed E-state index contributed by atoms with van der Waals surface area (Å²) in [5, 5.41) is 2.34. The number of hydrogen-bond donors (Lipinski definition) is 1. The topological polar surface area (TPSA) is 67.8 Å². The van der Waals surface area contributed by atoms with Crippen molar-refractivity contribution in [3.05, 3.63) is 71.3 Å². The molecule has 132 valence electrons. The van der Waals surface area contributed by atoms with Crippen molar-refractivity contribution in [3.63, 3.8) is 0 Å². The van der Waals surface area contributed by atoms with Gasteiger partial charge in [0.25, 0.3) is 5.91 Å². The van der Waals surface area contributed by atoms with E-state index >= 15 is 0 Å². The Balaban J connectivity index is 1.83. The van der Waals surface area contributed by atoms with E-state index in [0.29, 0.717) is 5.69 Å². The molecule has 5 nitrogen and oxygen atoms in total. The van der Waals surface area contributed by atoms with Crippen molar-refractivity contribution >= 4 is 11.7 Å². The number of halogens is 2. The molecular weight excluding hydrogens is 338 g/mol. The SMILES string of the molecule is CCc1ccc(C)c(-c2cnc(NC(=O)c3c(F)cncc3F)cn2)c1. The first-order valence-electron chi connectivity index (χ1n) is 8.02. The van der Waals surface area contributed by atoms with Crippen molar-refractivity contribution < 1.29 is 13.6 Å². The molecule has 1 aromatic carbocycles. The van der Waals surface area contributed by atoms with Crippen LogP contribution in [0.3, 0.4) is 0 Å². The Morgan fingerprint density at radius 3 is 2.42 bits per heavy atom. The molecule has 0 radical (unpaired) electrons. The zero-order chi connectivity index (χ0) is 18.7. The largest absolute Gasteiger partial charge is 0.305 e. The molecule has 0 bridgehead atoms. The maximum absolute atomic E-state index is 13.6. The molecule has 0 saturated heterocycles. The second-order valence-corrected chi connectivity index (χ2v) is 5.72. The van der Waals surface area contributed by atoms with Gasteiger partial charge in [-0.2, -0.15) is 0 Å². The molecule has 1 N–H and O–H groups in total. The minimum absolute atomic E-state index is 0.0960. The zero-order valence-electron chi connectivity index (χ0n) is 14.3. The van der Waals surface area contributed by atoms with Gasteiger partial charge in [0.15, 0.2) is 17.5 Å². The van der Waals surface area contributed by atoms with E-state index in [-0.39, 0.29) is 5.82 Å². The van der Waals surface area contributed by atoms with Gasteiger partial charge in [0.1, 0.15) is 5.56 Å². The quantitative estimate of drug-likeness (QED) is 0.771. The summed E-state index contributed by atoms with van der Waals surface area (Å²) in [5.74, 6) is -2.94. The molecule has 0 spiro atoms. The molecular formula is C19H16F2N4O. The third-order valence-corrected chi connectivity index (χ3v) is 3.96. The number of hydrogen-bond acceptors (Lipinski definition) is 4. The second kappa shape index (κ2) is 7.35. The Kier molecular flexibility index (Phi) is 4.97. The van der Waals surface area contributed by atoms with Gasteiger partial charge in [-0.15, -0.1) is 0 Å². The van der Waals surface area contributed by atoms with Crippen LogP contribution in [0.4, 0.5) is 14.6 Å². The van der Waals surface area contributed by atoms with Gasteiger partial charge in [-0.3, -0.25) is 14.8 Å². The van der Waals surface area contributed by atoms with E-state index in [1.54, 1.807) is 0 Å². The molecule has 2 heterocycles. The standard InChI is InChI=1S/C19H16F2N4O/c1-3-12-5-4-11(2)13(6-12)16-9-24-17(10-23-16)25-19(26)18-14(20)7-22-8-15(18)21/h4-10H,3H2,1-2H3,(H,24,25,26). The van der Waals surface area contributed by atoms with E-state index in [1.165, 1.54) is 18.0 Å². The van der Waals surface area contributed by atoms with Crippen LogP contribution in [-0.4, -0.2) is 20.9 Å². The third kappa shape index (κ3) is 3.56. The Morgan fingerprint density at radius 1 is 1.08 bits per heavy atom. The number of rotatable bonds is 4. The van der Waals surface area contributed by atoms with Crippen molar-refractivity contribution in [2.75, 3.05) is 5.32 Å². The highest BCUT2D eigenvalue weighted by Gasteiger charge is 2.18. The fourth-order valence-corrected chi connectivity index (χ4v) is 2.50. The van der Waals surface area contributed by atoms with Crippen LogP contribution in [0, 0.1) is 18.6 Å². The molecule has 0 aliphatic rings. The maximum Gasteiger partial charge on any atom is 0.262 e. The minimum Gasteiger partial charge on any atom is -0.305 e. The summed E-state index contributed by atoms with van der Waals surface area (Å²) in [6, 6.07) is 6.11. The summed E-state index contributed by atoms with van der Waals surface area (Å²) in [7, 11) is 0. The predicted molar refractivity (Wildman–Crippen MR) is 93.7 cm³/mol. The molecule has 0 unspecified atom stereocenters. The average molecular weight is 354 g/mol. The summed E-state index contributed by atoms with van der Waals surface area (Å²) in [6.45, 7) is 4.04. The highest BCUT2D eigenvalue weighted by Crippen LogP contribution is 2.23. The lowest BCUT2D eigenvalue weighted by Crippen LogP contribution is -2.17. The summed E-state index contributed by atoms with van der Waals surface area (Å²) in [6.07, 6.45) is 5.31. The van der Waals surface area contributed by atoms with Crippen LogP contribution in [0.25, 0.3) is 11.3 Å². The smallest absolute Gasteiger partial charge is 0.262 e. The lowest BCUT2D eigenvalue weighted by atomic mass is 10.0. The Labute approximate surface area is 149 Å². The number of aryl methyl sites for hydroxylation is 2. The van der Waals surface area contributed by atoms with Crippen LogP contribution in [0.1, 0.15) is 28.4 Å². The summed E-state index contributed by atoms with van der Waals surface area (Å²) < 4.78 is 27.2. The van der Waals surface area contributed by atoms with Gasteiger partial charge in [0.05, 0.1) is 30.5 Å². The third-order valence-electron chi connectivity index (χ3n) is 3.96. The van der Waals surface area contributed by atoms with E-state index < -0.39 is 23.1 Å². The second-order valence-electron chi connectivity index (χ2n) is 5.72. The van der Waals surface area contributed by atoms with Gasteiger partial charge in [-0.05, 0) is 30.5 Å². The van der Waals surface area contributed by atoms with E-state index in [4.69, 9.17) is 0 Å². The monoisotopic (exact) mass is 354 g/mol. The molecule has 3 aromatic rings. The summed E-state index contributed by atoms with van der Waals surface area (Å²) in [4.78, 5) is 23.8. The van der Waals surface area contributed by atoms with Crippen LogP contribution in [-0.2, 0) is 6.42 Å². The molecule has 0 saturated carbocycles. The number of nitrogens with one attached hydrogen (secondary N) is 1. The lowest BCUT2D eigenvalue weighted by molar-refractivity contribution is 0.101. The molecule has 26 heavy (non-hydrogen) atoms. The Bertz CT molecular complexity index is 938. The molecule has 2 aromatic heterocycles. The van der Waals surface area contributed by atoms with Gasteiger partial charge in [-0.1, -0.05) is 19.1 Å². The van der Waals surface area contributed by atoms with Gasteiger partial charge < -0.3 is 5.32 Å². The normalized spacial score (nSPS) is 10.6. The first-order valence-corrected chi connectivity index (χ1v) is 8.02. The maximum atomic E-state index is 13.6. The van der Waals surface area contributed by atoms with Crippen LogP contribution in [0.2, 0.25) is 0 Å². The van der Waals surface area contributed by atoms with Crippen LogP contribution < -0.4 is 5.32 Å². The Hall–Kier alpha value is -3.22. The van der Waals surface area contributed by atoms with Crippen molar-refractivity contribution in [2.24, 2.45) is 0 Å². The van der Waals surface area contributed by atoms with Crippen molar-refractivity contribution in [1.29, 1.82) is 0 Å². The minimum atomic E-state index is -1.04. The number of benzene rings is 1. The van der Waals surface area contributed by atoms with Gasteiger partial charge in [0.2, 0.25) is 0 Å². The summed E-state index contributed by atoms with van der Waals surface area (Å²) in [5.41, 5.74) is 3.11. The molecule has 1 amide bonds. The average Bonchev–Trinajstić information content (AvgIpc) is 2.63. The molecule has 7 heteroatoms. The number of nitrogens with zero attached hydrogens (tertiary/aromatic N) is 3. The number of carbonyl (C=O) groups is 1. The fourth-order valence-electron chi connectivity index (χ4n) is 2.50. The highest BCUT2D eigenvalue weighted by atomic mass is 19.1. The highest BCUT2D eigenvalue weighted by molar-refractivity contribution is 6.04. The van der Waals surface area contributed by atoms with Crippen LogP contribution >= 0.6 is 0 Å². The van der Waals surface area contributed by atoms with Crippen LogP contribution in [0.15, 0.2) is 43.0 Å². The van der Waals surface area contributed by atoms with E-state index in [2.05, 4.69) is 33.3 Å². The van der Waals surface area contributed by atoms with Gasteiger partial charge in [-0.25, -0.2) is 13.8 Å². The van der Waals surface area contributed by atoms with E-state index in [9.17, 15) is 13.6 Å². The number of pyridine rings is 1. The van der Waals surface area contributed by atoms with E-state index in [1.807, 2.05) is 19.1 Å². The number of anilines is 1. The predicted octanol–water partition coefficient (Wildman–Crippen LogP) is 3.94. The number of aromatic nitrogens is 3. The fraction of sp³-hybridized carbons (Fsp3) is 0.158. The van der Waals surface area contributed by atoms with Gasteiger partial charge >= 0.3 is 0 Å². The number of carbonyl (C=O) groups excluding carboxylic acids is 1.